The first-order valence-corrected chi connectivity index (χ1v) is 3.90. The van der Waals surface area contributed by atoms with Gasteiger partial charge in [-0.1, -0.05) is 5.16 Å². The summed E-state index contributed by atoms with van der Waals surface area (Å²) in [6.07, 6.45) is 0. The topological polar surface area (TPSA) is 78.4 Å². The minimum absolute atomic E-state index is 0.154. The second-order valence-electron chi connectivity index (χ2n) is 2.68. The molecule has 0 unspecified atom stereocenters. The Bertz CT molecular complexity index is 295. The fraction of sp³-hybridized carbons (Fsp3) is 0.500. The Kier molecular flexibility index (Phi) is 3.02. The molecule has 1 heterocycles. The molecule has 0 saturated carbocycles. The Morgan fingerprint density at radius 1 is 1.85 bits per heavy atom. The molecular formula is C8H12N2O3. The van der Waals surface area contributed by atoms with Gasteiger partial charge in [0.05, 0.1) is 12.8 Å². The van der Waals surface area contributed by atoms with Gasteiger partial charge in [0.1, 0.15) is 5.92 Å². The molecule has 0 aromatic carbocycles. The average Bonchev–Trinajstić information content (AvgIpc) is 2.53. The van der Waals surface area contributed by atoms with Crippen LogP contribution in [0.3, 0.4) is 0 Å². The highest BCUT2D eigenvalue weighted by atomic mass is 16.5. The fourth-order valence-electron chi connectivity index (χ4n) is 1.02. The predicted octanol–water partition coefficient (Wildman–Crippen LogP) is 0.198. The number of ether oxygens (including phenoxy) is 1. The summed E-state index contributed by atoms with van der Waals surface area (Å²) in [5, 5.41) is 3.66. The molecule has 0 spiro atoms. The van der Waals surface area contributed by atoms with Crippen molar-refractivity contribution >= 4 is 5.97 Å². The van der Waals surface area contributed by atoms with Gasteiger partial charge < -0.3 is 15.0 Å². The summed E-state index contributed by atoms with van der Waals surface area (Å²) in [7, 11) is 1.31. The molecular weight excluding hydrogens is 172 g/mol. The van der Waals surface area contributed by atoms with E-state index in [9.17, 15) is 4.79 Å². The summed E-state index contributed by atoms with van der Waals surface area (Å²) >= 11 is 0. The van der Waals surface area contributed by atoms with Crippen LogP contribution in [-0.4, -0.2) is 24.8 Å². The van der Waals surface area contributed by atoms with Crippen LogP contribution in [-0.2, 0) is 9.53 Å². The molecule has 1 aromatic heterocycles. The van der Waals surface area contributed by atoms with E-state index in [0.717, 1.165) is 5.69 Å². The smallest absolute Gasteiger partial charge is 0.317 e. The molecule has 2 N–H and O–H groups in total. The normalized spacial score (nSPS) is 12.5. The minimum Gasteiger partial charge on any atom is -0.468 e. The molecule has 0 saturated heterocycles. The Morgan fingerprint density at radius 3 is 2.92 bits per heavy atom. The van der Waals surface area contributed by atoms with Crippen LogP contribution in [0.25, 0.3) is 0 Å². The molecule has 1 atom stereocenters. The molecule has 5 heteroatoms. The summed E-state index contributed by atoms with van der Waals surface area (Å²) in [4.78, 5) is 11.2. The molecule has 0 bridgehead atoms. The van der Waals surface area contributed by atoms with Crippen LogP contribution < -0.4 is 5.73 Å². The number of esters is 1. The molecule has 1 rings (SSSR count). The molecule has 0 aliphatic carbocycles. The lowest BCUT2D eigenvalue weighted by Crippen LogP contribution is -2.22. The number of methoxy groups -OCH3 is 1. The van der Waals surface area contributed by atoms with Gasteiger partial charge in [0.15, 0.2) is 5.76 Å². The van der Waals surface area contributed by atoms with Crippen molar-refractivity contribution in [2.75, 3.05) is 13.7 Å². The predicted molar refractivity (Wildman–Crippen MR) is 45.1 cm³/mol. The monoisotopic (exact) mass is 184 g/mol. The molecule has 1 aromatic rings. The van der Waals surface area contributed by atoms with E-state index in [1.807, 2.05) is 0 Å². The maximum absolute atomic E-state index is 11.2. The summed E-state index contributed by atoms with van der Waals surface area (Å²) in [6, 6.07) is 1.68. The summed E-state index contributed by atoms with van der Waals surface area (Å²) in [5.41, 5.74) is 6.12. The molecule has 5 nitrogen and oxygen atoms in total. The number of hydrogen-bond donors (Lipinski definition) is 1. The lowest BCUT2D eigenvalue weighted by molar-refractivity contribution is -0.142. The van der Waals surface area contributed by atoms with E-state index in [0.29, 0.717) is 5.76 Å². The molecule has 72 valence electrons. The van der Waals surface area contributed by atoms with Crippen molar-refractivity contribution in [2.24, 2.45) is 5.73 Å². The van der Waals surface area contributed by atoms with E-state index >= 15 is 0 Å². The number of carbonyl (C=O) groups excluding carboxylic acids is 1. The van der Waals surface area contributed by atoms with Gasteiger partial charge in [-0.25, -0.2) is 0 Å². The molecule has 0 radical (unpaired) electrons. The van der Waals surface area contributed by atoms with Gasteiger partial charge in [0.2, 0.25) is 0 Å². The first kappa shape index (κ1) is 9.73. The van der Waals surface area contributed by atoms with Crippen molar-refractivity contribution in [1.82, 2.24) is 5.16 Å². The lowest BCUT2D eigenvalue weighted by Gasteiger charge is -2.07. The molecule has 0 aliphatic heterocycles. The highest BCUT2D eigenvalue weighted by Gasteiger charge is 2.23. The van der Waals surface area contributed by atoms with E-state index in [1.54, 1.807) is 13.0 Å². The van der Waals surface area contributed by atoms with Crippen molar-refractivity contribution in [3.8, 4) is 0 Å². The molecule has 0 fully saturated rings. The number of rotatable bonds is 3. The Hall–Kier alpha value is -1.36. The number of aromatic nitrogens is 1. The van der Waals surface area contributed by atoms with Gasteiger partial charge in [-0.2, -0.15) is 0 Å². The standard InChI is InChI=1S/C8H12N2O3/c1-5-3-7(13-10-5)6(4-9)8(11)12-2/h3,6H,4,9H2,1-2H3/t6-/m1/s1. The van der Waals surface area contributed by atoms with Crippen LogP contribution in [0, 0.1) is 6.92 Å². The van der Waals surface area contributed by atoms with Crippen molar-refractivity contribution in [1.29, 1.82) is 0 Å². The highest BCUT2D eigenvalue weighted by molar-refractivity contribution is 5.77. The van der Waals surface area contributed by atoms with Gasteiger partial charge in [-0.15, -0.1) is 0 Å². The fourth-order valence-corrected chi connectivity index (χ4v) is 1.02. The van der Waals surface area contributed by atoms with Crippen LogP contribution in [0.15, 0.2) is 10.6 Å². The quantitative estimate of drug-likeness (QED) is 0.679. The highest BCUT2D eigenvalue weighted by Crippen LogP contribution is 2.16. The lowest BCUT2D eigenvalue weighted by atomic mass is 10.1. The van der Waals surface area contributed by atoms with Crippen molar-refractivity contribution in [2.45, 2.75) is 12.8 Å². The van der Waals surface area contributed by atoms with Crippen LogP contribution >= 0.6 is 0 Å². The average molecular weight is 184 g/mol. The van der Waals surface area contributed by atoms with Crippen molar-refractivity contribution in [3.05, 3.63) is 17.5 Å². The van der Waals surface area contributed by atoms with Crippen LogP contribution in [0.2, 0.25) is 0 Å². The first-order chi connectivity index (χ1) is 6.19. The number of carbonyl (C=O) groups is 1. The Labute approximate surface area is 75.8 Å². The number of nitrogens with zero attached hydrogens (tertiary/aromatic N) is 1. The van der Waals surface area contributed by atoms with E-state index < -0.39 is 11.9 Å². The third-order valence-electron chi connectivity index (χ3n) is 1.71. The van der Waals surface area contributed by atoms with E-state index in [2.05, 4.69) is 9.89 Å². The first-order valence-electron chi connectivity index (χ1n) is 3.90. The Morgan fingerprint density at radius 2 is 2.54 bits per heavy atom. The third-order valence-corrected chi connectivity index (χ3v) is 1.71. The van der Waals surface area contributed by atoms with Crippen molar-refractivity contribution in [3.63, 3.8) is 0 Å². The van der Waals surface area contributed by atoms with Gasteiger partial charge in [-0.05, 0) is 6.92 Å². The molecule has 13 heavy (non-hydrogen) atoms. The molecule has 0 aliphatic rings. The molecule has 0 amide bonds. The summed E-state index contributed by atoms with van der Waals surface area (Å²) in [5.74, 6) is -0.503. The van der Waals surface area contributed by atoms with E-state index in [4.69, 9.17) is 10.3 Å². The van der Waals surface area contributed by atoms with Gasteiger partial charge in [0, 0.05) is 12.6 Å². The van der Waals surface area contributed by atoms with Crippen LogP contribution in [0.1, 0.15) is 17.4 Å². The second-order valence-corrected chi connectivity index (χ2v) is 2.68. The van der Waals surface area contributed by atoms with E-state index in [1.165, 1.54) is 7.11 Å². The van der Waals surface area contributed by atoms with Gasteiger partial charge in [-0.3, -0.25) is 4.79 Å². The summed E-state index contributed by atoms with van der Waals surface area (Å²) < 4.78 is 9.47. The Balaban J connectivity index is 2.84. The SMILES string of the molecule is COC(=O)[C@H](CN)c1cc(C)no1. The second kappa shape index (κ2) is 4.04. The summed E-state index contributed by atoms with van der Waals surface area (Å²) in [6.45, 7) is 1.93. The van der Waals surface area contributed by atoms with Crippen LogP contribution in [0.5, 0.6) is 0 Å². The number of hydrogen-bond acceptors (Lipinski definition) is 5. The van der Waals surface area contributed by atoms with E-state index in [-0.39, 0.29) is 6.54 Å². The zero-order chi connectivity index (χ0) is 9.84. The number of nitrogens with two attached hydrogens (primary N) is 1. The maximum Gasteiger partial charge on any atom is 0.317 e. The van der Waals surface area contributed by atoms with Crippen LogP contribution in [0.4, 0.5) is 0 Å². The van der Waals surface area contributed by atoms with Gasteiger partial charge in [0.25, 0.3) is 0 Å². The third kappa shape index (κ3) is 2.06. The minimum atomic E-state index is -0.550. The maximum atomic E-state index is 11.2. The van der Waals surface area contributed by atoms with Crippen molar-refractivity contribution < 1.29 is 14.1 Å². The van der Waals surface area contributed by atoms with Gasteiger partial charge >= 0.3 is 5.97 Å². The zero-order valence-electron chi connectivity index (χ0n) is 7.61. The largest absolute Gasteiger partial charge is 0.468 e. The zero-order valence-corrected chi connectivity index (χ0v) is 7.61. The number of aryl methyl sites for hydroxylation is 1.